The van der Waals surface area contributed by atoms with Crippen molar-refractivity contribution in [3.63, 3.8) is 0 Å². The maximum absolute atomic E-state index is 13.6. The predicted octanol–water partition coefficient (Wildman–Crippen LogP) is 4.24. The van der Waals surface area contributed by atoms with Crippen molar-refractivity contribution < 1.29 is 37.3 Å². The molecule has 0 heterocycles. The van der Waals surface area contributed by atoms with E-state index < -0.39 is 24.4 Å². The SMILES string of the molecule is CC1CC(CC(O)(F)C(F)(F)F)CCC1C1CC(C(=O)OCCO)CCC1C. The summed E-state index contributed by atoms with van der Waals surface area (Å²) in [4.78, 5) is 12.2. The summed E-state index contributed by atoms with van der Waals surface area (Å²) in [6.45, 7) is 3.89. The van der Waals surface area contributed by atoms with E-state index in [1.54, 1.807) is 0 Å². The number of aliphatic hydroxyl groups is 2. The molecular weight excluding hydrogens is 380 g/mol. The normalized spacial score (nSPS) is 36.6. The Labute approximate surface area is 163 Å². The molecule has 0 aromatic heterocycles. The summed E-state index contributed by atoms with van der Waals surface area (Å²) in [6, 6.07) is 0. The average Bonchev–Trinajstić information content (AvgIpc) is 2.59. The van der Waals surface area contributed by atoms with E-state index in [1.165, 1.54) is 0 Å². The maximum Gasteiger partial charge on any atom is 0.448 e. The van der Waals surface area contributed by atoms with E-state index in [4.69, 9.17) is 14.9 Å². The Bertz CT molecular complexity index is 523. The van der Waals surface area contributed by atoms with Crippen LogP contribution in [0.5, 0.6) is 0 Å². The third kappa shape index (κ3) is 5.59. The predicted molar refractivity (Wildman–Crippen MR) is 94.8 cm³/mol. The third-order valence-corrected chi connectivity index (χ3v) is 6.81. The van der Waals surface area contributed by atoms with Crippen LogP contribution in [-0.4, -0.2) is 41.4 Å². The fourth-order valence-electron chi connectivity index (χ4n) is 5.28. The lowest BCUT2D eigenvalue weighted by atomic mass is 9.61. The zero-order valence-electron chi connectivity index (χ0n) is 16.6. The Hall–Kier alpha value is -0.890. The first-order valence-corrected chi connectivity index (χ1v) is 10.2. The van der Waals surface area contributed by atoms with Gasteiger partial charge in [-0.15, -0.1) is 0 Å². The molecule has 0 aromatic carbocycles. The molecule has 4 nitrogen and oxygen atoms in total. The van der Waals surface area contributed by atoms with E-state index in [9.17, 15) is 22.4 Å². The van der Waals surface area contributed by atoms with Crippen LogP contribution in [0.25, 0.3) is 0 Å². The van der Waals surface area contributed by atoms with Gasteiger partial charge in [0.15, 0.2) is 0 Å². The van der Waals surface area contributed by atoms with Crippen LogP contribution in [-0.2, 0) is 9.53 Å². The largest absolute Gasteiger partial charge is 0.463 e. The molecule has 0 bridgehead atoms. The number of alkyl halides is 4. The van der Waals surface area contributed by atoms with Crippen LogP contribution in [0.2, 0.25) is 0 Å². The standard InChI is InChI=1S/C20H32F4O4/c1-12-3-5-15(18(26)28-8-7-25)10-17(12)16-6-4-14(9-13(16)2)11-19(21,27)20(22,23)24/h12-17,25,27H,3-11H2,1-2H3. The highest BCUT2D eigenvalue weighted by atomic mass is 19.4. The van der Waals surface area contributed by atoms with E-state index in [0.29, 0.717) is 31.6 Å². The molecule has 2 N–H and O–H groups in total. The summed E-state index contributed by atoms with van der Waals surface area (Å²) >= 11 is 0. The van der Waals surface area contributed by atoms with Crippen molar-refractivity contribution >= 4 is 5.97 Å². The molecule has 0 radical (unpaired) electrons. The topological polar surface area (TPSA) is 66.8 Å². The number of halogens is 4. The van der Waals surface area contributed by atoms with Crippen molar-refractivity contribution in [2.24, 2.45) is 35.5 Å². The maximum atomic E-state index is 13.6. The lowest BCUT2D eigenvalue weighted by Gasteiger charge is -2.45. The van der Waals surface area contributed by atoms with Gasteiger partial charge in [-0.2, -0.15) is 13.2 Å². The molecule has 8 heteroatoms. The molecule has 2 saturated carbocycles. The number of rotatable bonds is 6. The minimum atomic E-state index is -5.27. The molecular formula is C20H32F4O4. The van der Waals surface area contributed by atoms with Crippen LogP contribution in [0.3, 0.4) is 0 Å². The molecule has 0 amide bonds. The quantitative estimate of drug-likeness (QED) is 0.506. The van der Waals surface area contributed by atoms with Gasteiger partial charge in [-0.25, -0.2) is 4.39 Å². The lowest BCUT2D eigenvalue weighted by molar-refractivity contribution is -0.322. The van der Waals surface area contributed by atoms with Crippen molar-refractivity contribution in [2.45, 2.75) is 70.8 Å². The molecule has 28 heavy (non-hydrogen) atoms. The van der Waals surface area contributed by atoms with Crippen LogP contribution >= 0.6 is 0 Å². The minimum absolute atomic E-state index is 0.0115. The second-order valence-corrected chi connectivity index (χ2v) is 8.82. The first kappa shape index (κ1) is 23.4. The highest BCUT2D eigenvalue weighted by molar-refractivity contribution is 5.72. The Morgan fingerprint density at radius 3 is 2.25 bits per heavy atom. The number of ether oxygens (including phenoxy) is 1. The van der Waals surface area contributed by atoms with Gasteiger partial charge in [0, 0.05) is 6.42 Å². The monoisotopic (exact) mass is 412 g/mol. The van der Waals surface area contributed by atoms with Crippen LogP contribution < -0.4 is 0 Å². The fourth-order valence-corrected chi connectivity index (χ4v) is 5.28. The minimum Gasteiger partial charge on any atom is -0.463 e. The molecule has 0 saturated heterocycles. The van der Waals surface area contributed by atoms with Crippen molar-refractivity contribution in [2.75, 3.05) is 13.2 Å². The van der Waals surface area contributed by atoms with Crippen molar-refractivity contribution in [3.05, 3.63) is 0 Å². The second-order valence-electron chi connectivity index (χ2n) is 8.82. The Balaban J connectivity index is 1.96. The Morgan fingerprint density at radius 1 is 1.00 bits per heavy atom. The number of hydrogen-bond acceptors (Lipinski definition) is 4. The van der Waals surface area contributed by atoms with Crippen LogP contribution in [0.1, 0.15) is 58.8 Å². The number of carbonyl (C=O) groups excluding carboxylic acids is 1. The zero-order chi connectivity index (χ0) is 21.1. The van der Waals surface area contributed by atoms with Gasteiger partial charge < -0.3 is 14.9 Å². The molecule has 0 aliphatic heterocycles. The number of esters is 1. The molecule has 7 atom stereocenters. The molecule has 0 spiro atoms. The fraction of sp³-hybridized carbons (Fsp3) is 0.950. The van der Waals surface area contributed by atoms with E-state index in [0.717, 1.165) is 12.8 Å². The molecule has 2 fully saturated rings. The van der Waals surface area contributed by atoms with Gasteiger partial charge in [-0.3, -0.25) is 4.79 Å². The van der Waals surface area contributed by atoms with Crippen LogP contribution in [0.15, 0.2) is 0 Å². The van der Waals surface area contributed by atoms with Gasteiger partial charge in [0.25, 0.3) is 0 Å². The van der Waals surface area contributed by atoms with E-state index in [1.807, 2.05) is 6.92 Å². The lowest BCUT2D eigenvalue weighted by Crippen LogP contribution is -2.44. The van der Waals surface area contributed by atoms with Crippen LogP contribution in [0, 0.1) is 35.5 Å². The Kier molecular flexibility index (Phi) is 7.76. The molecule has 7 unspecified atom stereocenters. The summed E-state index contributed by atoms with van der Waals surface area (Å²) < 4.78 is 56.6. The molecule has 2 aliphatic carbocycles. The number of aliphatic hydroxyl groups excluding tert-OH is 1. The van der Waals surface area contributed by atoms with Crippen molar-refractivity contribution in [3.8, 4) is 0 Å². The highest BCUT2D eigenvalue weighted by Crippen LogP contribution is 2.49. The Morgan fingerprint density at radius 2 is 1.68 bits per heavy atom. The molecule has 2 aliphatic rings. The number of hydrogen-bond donors (Lipinski definition) is 2. The molecule has 2 rings (SSSR count). The summed E-state index contributed by atoms with van der Waals surface area (Å²) in [5, 5.41) is 18.0. The van der Waals surface area contributed by atoms with Gasteiger partial charge in [0.1, 0.15) is 6.61 Å². The smallest absolute Gasteiger partial charge is 0.448 e. The van der Waals surface area contributed by atoms with E-state index in [2.05, 4.69) is 6.92 Å². The first-order chi connectivity index (χ1) is 13.0. The average molecular weight is 412 g/mol. The summed E-state index contributed by atoms with van der Waals surface area (Å²) in [6.07, 6.45) is -2.32. The second kappa shape index (κ2) is 9.28. The van der Waals surface area contributed by atoms with Gasteiger partial charge in [-0.1, -0.05) is 13.8 Å². The van der Waals surface area contributed by atoms with Gasteiger partial charge in [0.05, 0.1) is 12.5 Å². The van der Waals surface area contributed by atoms with Crippen LogP contribution in [0.4, 0.5) is 17.6 Å². The van der Waals surface area contributed by atoms with E-state index in [-0.39, 0.29) is 42.9 Å². The van der Waals surface area contributed by atoms with Gasteiger partial charge in [0.2, 0.25) is 0 Å². The zero-order valence-corrected chi connectivity index (χ0v) is 16.6. The highest BCUT2D eigenvalue weighted by Gasteiger charge is 2.56. The summed E-state index contributed by atoms with van der Waals surface area (Å²) in [5.41, 5.74) is 0. The van der Waals surface area contributed by atoms with Gasteiger partial charge in [-0.05, 0) is 68.1 Å². The number of carbonyl (C=O) groups is 1. The third-order valence-electron chi connectivity index (χ3n) is 6.81. The van der Waals surface area contributed by atoms with Crippen molar-refractivity contribution in [1.29, 1.82) is 0 Å². The molecule has 164 valence electrons. The van der Waals surface area contributed by atoms with Crippen molar-refractivity contribution in [1.82, 2.24) is 0 Å². The summed E-state index contributed by atoms with van der Waals surface area (Å²) in [7, 11) is 0. The summed E-state index contributed by atoms with van der Waals surface area (Å²) in [5.74, 6) is -4.11. The van der Waals surface area contributed by atoms with Gasteiger partial charge >= 0.3 is 18.0 Å². The van der Waals surface area contributed by atoms with E-state index >= 15 is 0 Å². The first-order valence-electron chi connectivity index (χ1n) is 10.2. The molecule has 0 aromatic rings.